The van der Waals surface area contributed by atoms with Gasteiger partial charge in [0.05, 0.1) is 0 Å². The van der Waals surface area contributed by atoms with Crippen molar-refractivity contribution in [1.29, 1.82) is 0 Å². The number of rotatable bonds is 7. The van der Waals surface area contributed by atoms with Gasteiger partial charge in [0.25, 0.3) is 0 Å². The molecule has 0 spiro atoms. The number of benzene rings is 1. The highest BCUT2D eigenvalue weighted by Gasteiger charge is 1.99. The van der Waals surface area contributed by atoms with Gasteiger partial charge in [-0.2, -0.15) is 0 Å². The lowest BCUT2D eigenvalue weighted by Gasteiger charge is -2.12. The first-order valence-electron chi connectivity index (χ1n) is 5.45. The Morgan fingerprint density at radius 1 is 1.38 bits per heavy atom. The van der Waals surface area contributed by atoms with Crippen molar-refractivity contribution in [2.75, 3.05) is 19.8 Å². The van der Waals surface area contributed by atoms with Crippen LogP contribution in [0.1, 0.15) is 13.3 Å². The molecule has 1 unspecified atom stereocenters. The molecule has 1 atom stereocenters. The van der Waals surface area contributed by atoms with E-state index in [0.717, 1.165) is 23.2 Å². The summed E-state index contributed by atoms with van der Waals surface area (Å²) in [6.45, 7) is 3.70. The molecule has 0 saturated heterocycles. The highest BCUT2D eigenvalue weighted by Crippen LogP contribution is 2.15. The second-order valence-corrected chi connectivity index (χ2v) is 4.59. The Morgan fingerprint density at radius 3 is 2.69 bits per heavy atom. The first-order valence-corrected chi connectivity index (χ1v) is 6.24. The van der Waals surface area contributed by atoms with Gasteiger partial charge in [0.15, 0.2) is 0 Å². The lowest BCUT2D eigenvalue weighted by molar-refractivity contribution is 0.259. The van der Waals surface area contributed by atoms with Crippen LogP contribution in [-0.4, -0.2) is 30.9 Å². The maximum atomic E-state index is 8.72. The molecule has 0 aliphatic carbocycles. The summed E-state index contributed by atoms with van der Waals surface area (Å²) in [6, 6.07) is 8.11. The van der Waals surface area contributed by atoms with Crippen LogP contribution in [0.2, 0.25) is 0 Å². The lowest BCUT2D eigenvalue weighted by atomic mass is 10.2. The summed E-state index contributed by atoms with van der Waals surface area (Å²) < 4.78 is 6.59. The van der Waals surface area contributed by atoms with E-state index in [1.54, 1.807) is 0 Å². The molecule has 0 heterocycles. The maximum Gasteiger partial charge on any atom is 0.119 e. The van der Waals surface area contributed by atoms with Crippen LogP contribution in [-0.2, 0) is 0 Å². The first-order chi connectivity index (χ1) is 7.72. The third-order valence-corrected chi connectivity index (χ3v) is 2.77. The summed E-state index contributed by atoms with van der Waals surface area (Å²) in [5.74, 6) is 0.875. The summed E-state index contributed by atoms with van der Waals surface area (Å²) in [6.07, 6.45) is 0.776. The number of aliphatic hydroxyl groups excluding tert-OH is 1. The summed E-state index contributed by atoms with van der Waals surface area (Å²) >= 11 is 3.37. The Morgan fingerprint density at radius 2 is 2.06 bits per heavy atom. The van der Waals surface area contributed by atoms with E-state index in [0.29, 0.717) is 12.6 Å². The van der Waals surface area contributed by atoms with Crippen molar-refractivity contribution in [3.05, 3.63) is 28.7 Å². The van der Waals surface area contributed by atoms with Gasteiger partial charge in [0.2, 0.25) is 0 Å². The van der Waals surface area contributed by atoms with Crippen LogP contribution in [0.25, 0.3) is 0 Å². The maximum absolute atomic E-state index is 8.72. The van der Waals surface area contributed by atoms with Crippen molar-refractivity contribution in [3.63, 3.8) is 0 Å². The van der Waals surface area contributed by atoms with E-state index in [4.69, 9.17) is 9.84 Å². The fraction of sp³-hybridized carbons (Fsp3) is 0.500. The molecule has 1 rings (SSSR count). The SMILES string of the molecule is CC(CCO)NCCOc1ccc(Br)cc1. The molecule has 0 amide bonds. The third-order valence-electron chi connectivity index (χ3n) is 2.24. The van der Waals surface area contributed by atoms with Gasteiger partial charge in [-0.15, -0.1) is 0 Å². The van der Waals surface area contributed by atoms with Crippen molar-refractivity contribution in [3.8, 4) is 5.75 Å². The number of hydrogen-bond donors (Lipinski definition) is 2. The van der Waals surface area contributed by atoms with E-state index in [2.05, 4.69) is 28.2 Å². The van der Waals surface area contributed by atoms with Gasteiger partial charge < -0.3 is 15.2 Å². The molecule has 0 aromatic heterocycles. The lowest BCUT2D eigenvalue weighted by Crippen LogP contribution is -2.30. The quantitative estimate of drug-likeness (QED) is 0.756. The molecule has 0 fully saturated rings. The molecular formula is C12H18BrNO2. The van der Waals surface area contributed by atoms with Crippen molar-refractivity contribution >= 4 is 15.9 Å². The molecule has 3 nitrogen and oxygen atoms in total. The third kappa shape index (κ3) is 5.49. The highest BCUT2D eigenvalue weighted by atomic mass is 79.9. The van der Waals surface area contributed by atoms with Gasteiger partial charge in [-0.05, 0) is 37.6 Å². The van der Waals surface area contributed by atoms with Gasteiger partial charge in [-0.25, -0.2) is 0 Å². The minimum atomic E-state index is 0.224. The smallest absolute Gasteiger partial charge is 0.119 e. The van der Waals surface area contributed by atoms with Crippen LogP contribution in [0.5, 0.6) is 5.75 Å². The Bertz CT molecular complexity index is 290. The van der Waals surface area contributed by atoms with Crippen LogP contribution in [0.15, 0.2) is 28.7 Å². The van der Waals surface area contributed by atoms with E-state index in [1.165, 1.54) is 0 Å². The van der Waals surface area contributed by atoms with Crippen LogP contribution >= 0.6 is 15.9 Å². The highest BCUT2D eigenvalue weighted by molar-refractivity contribution is 9.10. The number of halogens is 1. The van der Waals surface area contributed by atoms with Gasteiger partial charge in [-0.1, -0.05) is 15.9 Å². The van der Waals surface area contributed by atoms with Gasteiger partial charge in [0, 0.05) is 23.7 Å². The van der Waals surface area contributed by atoms with Gasteiger partial charge >= 0.3 is 0 Å². The van der Waals surface area contributed by atoms with Crippen LogP contribution in [0.3, 0.4) is 0 Å². The zero-order chi connectivity index (χ0) is 11.8. The van der Waals surface area contributed by atoms with Gasteiger partial charge in [-0.3, -0.25) is 0 Å². The van der Waals surface area contributed by atoms with Crippen LogP contribution in [0, 0.1) is 0 Å². The predicted octanol–water partition coefficient (Wildman–Crippen LogP) is 2.19. The second-order valence-electron chi connectivity index (χ2n) is 3.67. The normalized spacial score (nSPS) is 12.4. The second kappa shape index (κ2) is 7.65. The van der Waals surface area contributed by atoms with Crippen molar-refractivity contribution in [2.24, 2.45) is 0 Å². The van der Waals surface area contributed by atoms with E-state index in [-0.39, 0.29) is 6.61 Å². The zero-order valence-electron chi connectivity index (χ0n) is 9.45. The van der Waals surface area contributed by atoms with E-state index in [1.807, 2.05) is 24.3 Å². The van der Waals surface area contributed by atoms with Crippen molar-refractivity contribution < 1.29 is 9.84 Å². The fourth-order valence-electron chi connectivity index (χ4n) is 1.30. The number of aliphatic hydroxyl groups is 1. The summed E-state index contributed by atoms with van der Waals surface area (Å²) in [5, 5.41) is 12.0. The molecule has 0 aliphatic rings. The first kappa shape index (κ1) is 13.5. The minimum absolute atomic E-state index is 0.224. The number of ether oxygens (including phenoxy) is 1. The molecule has 1 aromatic rings. The Kier molecular flexibility index (Phi) is 6.45. The van der Waals surface area contributed by atoms with Gasteiger partial charge in [0.1, 0.15) is 12.4 Å². The molecule has 4 heteroatoms. The molecule has 1 aromatic carbocycles. The average Bonchev–Trinajstić information content (AvgIpc) is 2.27. The molecule has 0 aliphatic heterocycles. The van der Waals surface area contributed by atoms with Crippen LogP contribution in [0.4, 0.5) is 0 Å². The summed E-state index contributed by atoms with van der Waals surface area (Å²) in [4.78, 5) is 0. The molecule has 0 bridgehead atoms. The fourth-order valence-corrected chi connectivity index (χ4v) is 1.57. The van der Waals surface area contributed by atoms with E-state index < -0.39 is 0 Å². The standard InChI is InChI=1S/C12H18BrNO2/c1-10(6-8-15)14-7-9-16-12-4-2-11(13)3-5-12/h2-5,10,14-15H,6-9H2,1H3. The largest absolute Gasteiger partial charge is 0.492 e. The molecule has 2 N–H and O–H groups in total. The summed E-state index contributed by atoms with van der Waals surface area (Å²) in [7, 11) is 0. The molecule has 16 heavy (non-hydrogen) atoms. The van der Waals surface area contributed by atoms with E-state index >= 15 is 0 Å². The Hall–Kier alpha value is -0.580. The summed E-state index contributed by atoms with van der Waals surface area (Å²) in [5.41, 5.74) is 0. The van der Waals surface area contributed by atoms with Crippen molar-refractivity contribution in [1.82, 2.24) is 5.32 Å². The predicted molar refractivity (Wildman–Crippen MR) is 68.8 cm³/mol. The topological polar surface area (TPSA) is 41.5 Å². The average molecular weight is 288 g/mol. The molecule has 0 saturated carbocycles. The number of nitrogens with one attached hydrogen (secondary N) is 1. The molecule has 0 radical (unpaired) electrons. The monoisotopic (exact) mass is 287 g/mol. The zero-order valence-corrected chi connectivity index (χ0v) is 11.0. The Labute approximate surface area is 105 Å². The van der Waals surface area contributed by atoms with Crippen molar-refractivity contribution in [2.45, 2.75) is 19.4 Å². The minimum Gasteiger partial charge on any atom is -0.492 e. The number of hydrogen-bond acceptors (Lipinski definition) is 3. The van der Waals surface area contributed by atoms with Crippen LogP contribution < -0.4 is 10.1 Å². The molecular weight excluding hydrogens is 270 g/mol. The Balaban J connectivity index is 2.13. The molecule has 90 valence electrons. The van der Waals surface area contributed by atoms with E-state index in [9.17, 15) is 0 Å².